The molecule has 3 rings (SSSR count). The predicted octanol–water partition coefficient (Wildman–Crippen LogP) is 1.07. The SMILES string of the molecule is Cc1cccc(C)c1CN1CCC(C)(NC(=O)Cn2cnnn2)C1. The Morgan fingerprint density at radius 2 is 2.08 bits per heavy atom. The Kier molecular flexibility index (Phi) is 4.62. The molecule has 1 fully saturated rings. The van der Waals surface area contributed by atoms with Crippen molar-refractivity contribution in [3.05, 3.63) is 41.2 Å². The van der Waals surface area contributed by atoms with Crippen molar-refractivity contribution in [3.8, 4) is 0 Å². The number of carbonyl (C=O) groups excluding carboxylic acids is 1. The molecular formula is C17H24N6O. The van der Waals surface area contributed by atoms with E-state index in [0.717, 1.165) is 26.1 Å². The summed E-state index contributed by atoms with van der Waals surface area (Å²) >= 11 is 0. The minimum atomic E-state index is -0.207. The van der Waals surface area contributed by atoms with Gasteiger partial charge in [-0.05, 0) is 54.3 Å². The summed E-state index contributed by atoms with van der Waals surface area (Å²) in [5.74, 6) is -0.0567. The van der Waals surface area contributed by atoms with Crippen LogP contribution in [0.3, 0.4) is 0 Å². The molecule has 1 saturated heterocycles. The van der Waals surface area contributed by atoms with E-state index < -0.39 is 0 Å². The molecule has 7 nitrogen and oxygen atoms in total. The zero-order chi connectivity index (χ0) is 17.2. The number of tetrazole rings is 1. The number of likely N-dealkylation sites (tertiary alicyclic amines) is 1. The molecule has 0 saturated carbocycles. The second-order valence-electron chi connectivity index (χ2n) is 6.95. The van der Waals surface area contributed by atoms with Crippen LogP contribution in [-0.4, -0.2) is 49.6 Å². The normalized spacial score (nSPS) is 21.1. The Hall–Kier alpha value is -2.28. The summed E-state index contributed by atoms with van der Waals surface area (Å²) in [6.45, 7) is 9.33. The number of aromatic nitrogens is 4. The van der Waals surface area contributed by atoms with Gasteiger partial charge in [0.2, 0.25) is 5.91 Å². The molecule has 1 aromatic heterocycles. The number of carbonyl (C=O) groups is 1. The Morgan fingerprint density at radius 3 is 2.75 bits per heavy atom. The van der Waals surface area contributed by atoms with Gasteiger partial charge in [0.25, 0.3) is 0 Å². The van der Waals surface area contributed by atoms with Crippen molar-refractivity contribution in [3.63, 3.8) is 0 Å². The van der Waals surface area contributed by atoms with E-state index in [4.69, 9.17) is 0 Å². The van der Waals surface area contributed by atoms with Crippen LogP contribution >= 0.6 is 0 Å². The van der Waals surface area contributed by atoms with Crippen molar-refractivity contribution in [1.29, 1.82) is 0 Å². The number of nitrogens with zero attached hydrogens (tertiary/aromatic N) is 5. The maximum absolute atomic E-state index is 12.2. The largest absolute Gasteiger partial charge is 0.348 e. The average Bonchev–Trinajstić information content (AvgIpc) is 3.13. The summed E-state index contributed by atoms with van der Waals surface area (Å²) in [7, 11) is 0. The fourth-order valence-corrected chi connectivity index (χ4v) is 3.39. The quantitative estimate of drug-likeness (QED) is 0.888. The van der Waals surface area contributed by atoms with Gasteiger partial charge in [0, 0.05) is 19.6 Å². The fourth-order valence-electron chi connectivity index (χ4n) is 3.39. The van der Waals surface area contributed by atoms with E-state index in [0.29, 0.717) is 0 Å². The number of rotatable bonds is 5. The summed E-state index contributed by atoms with van der Waals surface area (Å²) in [6, 6.07) is 6.42. The molecule has 1 N–H and O–H groups in total. The van der Waals surface area contributed by atoms with Crippen LogP contribution in [0.25, 0.3) is 0 Å². The monoisotopic (exact) mass is 328 g/mol. The number of nitrogens with one attached hydrogen (secondary N) is 1. The van der Waals surface area contributed by atoms with Crippen LogP contribution in [0.2, 0.25) is 0 Å². The summed E-state index contributed by atoms with van der Waals surface area (Å²) in [6.07, 6.45) is 2.39. The van der Waals surface area contributed by atoms with Crippen molar-refractivity contribution in [2.75, 3.05) is 13.1 Å². The molecule has 1 aliphatic rings. The summed E-state index contributed by atoms with van der Waals surface area (Å²) < 4.78 is 1.43. The maximum Gasteiger partial charge on any atom is 0.242 e. The highest BCUT2D eigenvalue weighted by molar-refractivity contribution is 5.76. The first-order valence-electron chi connectivity index (χ1n) is 8.24. The van der Waals surface area contributed by atoms with E-state index in [1.807, 2.05) is 0 Å². The number of benzene rings is 1. The Bertz CT molecular complexity index is 694. The second kappa shape index (κ2) is 6.68. The minimum Gasteiger partial charge on any atom is -0.348 e. The molecule has 1 aliphatic heterocycles. The molecule has 2 aromatic rings. The topological polar surface area (TPSA) is 75.9 Å². The Morgan fingerprint density at radius 1 is 1.33 bits per heavy atom. The molecule has 24 heavy (non-hydrogen) atoms. The third kappa shape index (κ3) is 3.79. The first-order valence-corrected chi connectivity index (χ1v) is 8.24. The number of hydrogen-bond donors (Lipinski definition) is 1. The van der Waals surface area contributed by atoms with Gasteiger partial charge in [-0.3, -0.25) is 9.69 Å². The Balaban J connectivity index is 1.58. The van der Waals surface area contributed by atoms with Crippen molar-refractivity contribution in [2.45, 2.75) is 45.8 Å². The number of hydrogen-bond acceptors (Lipinski definition) is 5. The Labute approximate surface area is 142 Å². The molecule has 0 spiro atoms. The van der Waals surface area contributed by atoms with Gasteiger partial charge in [-0.25, -0.2) is 4.68 Å². The zero-order valence-electron chi connectivity index (χ0n) is 14.5. The molecule has 2 heterocycles. The van der Waals surface area contributed by atoms with Crippen molar-refractivity contribution < 1.29 is 4.79 Å². The first-order chi connectivity index (χ1) is 11.5. The van der Waals surface area contributed by atoms with Crippen LogP contribution in [0, 0.1) is 13.8 Å². The molecular weight excluding hydrogens is 304 g/mol. The predicted molar refractivity (Wildman–Crippen MR) is 90.2 cm³/mol. The van der Waals surface area contributed by atoms with Gasteiger partial charge in [-0.15, -0.1) is 5.10 Å². The molecule has 1 unspecified atom stereocenters. The van der Waals surface area contributed by atoms with Gasteiger partial charge in [0.05, 0.1) is 5.54 Å². The fraction of sp³-hybridized carbons (Fsp3) is 0.529. The maximum atomic E-state index is 12.2. The summed E-state index contributed by atoms with van der Waals surface area (Å²) in [5, 5.41) is 14.0. The lowest BCUT2D eigenvalue weighted by atomic mass is 10.0. The lowest BCUT2D eigenvalue weighted by molar-refractivity contribution is -0.123. The van der Waals surface area contributed by atoms with Crippen LogP contribution < -0.4 is 5.32 Å². The molecule has 0 bridgehead atoms. The van der Waals surface area contributed by atoms with Crippen LogP contribution in [0.5, 0.6) is 0 Å². The standard InChI is InChI=1S/C17H24N6O/c1-13-5-4-6-14(2)15(13)9-22-8-7-17(3,11-22)19-16(24)10-23-12-18-20-21-23/h4-6,12H,7-11H2,1-3H3,(H,19,24). The highest BCUT2D eigenvalue weighted by Crippen LogP contribution is 2.24. The van der Waals surface area contributed by atoms with Gasteiger partial charge in [0.1, 0.15) is 12.9 Å². The van der Waals surface area contributed by atoms with E-state index in [1.165, 1.54) is 27.7 Å². The second-order valence-corrected chi connectivity index (χ2v) is 6.95. The molecule has 0 aliphatic carbocycles. The van der Waals surface area contributed by atoms with Crippen LogP contribution in [0.15, 0.2) is 24.5 Å². The smallest absolute Gasteiger partial charge is 0.242 e. The van der Waals surface area contributed by atoms with Gasteiger partial charge in [-0.2, -0.15) is 0 Å². The lowest BCUT2D eigenvalue weighted by Crippen LogP contribution is -2.49. The third-order valence-electron chi connectivity index (χ3n) is 4.72. The molecule has 1 atom stereocenters. The highest BCUT2D eigenvalue weighted by atomic mass is 16.2. The van der Waals surface area contributed by atoms with Gasteiger partial charge in [0.15, 0.2) is 0 Å². The van der Waals surface area contributed by atoms with Crippen LogP contribution in [-0.2, 0) is 17.9 Å². The van der Waals surface area contributed by atoms with E-state index in [9.17, 15) is 4.79 Å². The van der Waals surface area contributed by atoms with E-state index in [2.05, 4.69) is 64.7 Å². The van der Waals surface area contributed by atoms with Gasteiger partial charge >= 0.3 is 0 Å². The summed E-state index contributed by atoms with van der Waals surface area (Å²) in [4.78, 5) is 14.6. The molecule has 1 aromatic carbocycles. The first kappa shape index (κ1) is 16.6. The zero-order valence-corrected chi connectivity index (χ0v) is 14.5. The van der Waals surface area contributed by atoms with Crippen molar-refractivity contribution >= 4 is 5.91 Å². The van der Waals surface area contributed by atoms with E-state index in [1.54, 1.807) is 0 Å². The minimum absolute atomic E-state index is 0.0567. The molecule has 7 heteroatoms. The third-order valence-corrected chi connectivity index (χ3v) is 4.72. The lowest BCUT2D eigenvalue weighted by Gasteiger charge is -2.26. The van der Waals surface area contributed by atoms with E-state index >= 15 is 0 Å². The molecule has 1 amide bonds. The van der Waals surface area contributed by atoms with Gasteiger partial charge in [-0.1, -0.05) is 18.2 Å². The number of aryl methyl sites for hydroxylation is 2. The van der Waals surface area contributed by atoms with E-state index in [-0.39, 0.29) is 18.0 Å². The average molecular weight is 328 g/mol. The van der Waals surface area contributed by atoms with Crippen molar-refractivity contribution in [2.24, 2.45) is 0 Å². The molecule has 128 valence electrons. The highest BCUT2D eigenvalue weighted by Gasteiger charge is 2.35. The van der Waals surface area contributed by atoms with Gasteiger partial charge < -0.3 is 5.32 Å². The molecule has 0 radical (unpaired) electrons. The van der Waals surface area contributed by atoms with Crippen LogP contribution in [0.1, 0.15) is 30.0 Å². The van der Waals surface area contributed by atoms with Crippen LogP contribution in [0.4, 0.5) is 0 Å². The summed E-state index contributed by atoms with van der Waals surface area (Å²) in [5.41, 5.74) is 3.83. The van der Waals surface area contributed by atoms with Crippen molar-refractivity contribution in [1.82, 2.24) is 30.4 Å². The number of amides is 1.